The van der Waals surface area contributed by atoms with Crippen molar-refractivity contribution in [3.05, 3.63) is 181 Å². The Morgan fingerprint density at radius 2 is 0.833 bits per heavy atom. The van der Waals surface area contributed by atoms with Gasteiger partial charge in [0.25, 0.3) is 0 Å². The third-order valence-corrected chi connectivity index (χ3v) is 5.34. The van der Waals surface area contributed by atoms with E-state index >= 15 is 0 Å². The molecule has 0 N–H and O–H groups in total. The molecule has 5 aliphatic rings. The van der Waals surface area contributed by atoms with Crippen molar-refractivity contribution in [2.45, 2.75) is 0 Å². The van der Waals surface area contributed by atoms with E-state index in [4.69, 9.17) is 0 Å². The number of benzene rings is 1. The average molecular weight is 552 g/mol. The van der Waals surface area contributed by atoms with E-state index in [9.17, 15) is 9.59 Å². The molecule has 0 aromatic heterocycles. The predicted octanol–water partition coefficient (Wildman–Crippen LogP) is 5.37. The van der Waals surface area contributed by atoms with Crippen LogP contribution in [0.4, 0.5) is 0 Å². The van der Waals surface area contributed by atoms with Crippen LogP contribution < -0.4 is 0 Å². The molecule has 4 saturated carbocycles. The first-order chi connectivity index (χ1) is 16.8. The Kier molecular flexibility index (Phi) is 14.6. The van der Waals surface area contributed by atoms with Crippen LogP contribution in [0.15, 0.2) is 47.6 Å². The Bertz CT molecular complexity index is 841. The topological polar surface area (TPSA) is 34.1 Å². The van der Waals surface area contributed by atoms with Gasteiger partial charge in [-0.1, -0.05) is 30.3 Å². The zero-order valence-corrected chi connectivity index (χ0v) is 21.6. The van der Waals surface area contributed by atoms with Gasteiger partial charge >= 0.3 is 34.1 Å². The molecule has 0 aliphatic heterocycles. The van der Waals surface area contributed by atoms with Gasteiger partial charge in [0.2, 0.25) is 0 Å². The molecule has 4 heteroatoms. The predicted molar refractivity (Wildman–Crippen MR) is 135 cm³/mol. The van der Waals surface area contributed by atoms with Gasteiger partial charge in [0.1, 0.15) is 0 Å². The van der Waals surface area contributed by atoms with Gasteiger partial charge in [0.05, 0.1) is 0 Å². The summed E-state index contributed by atoms with van der Waals surface area (Å²) in [5, 5.41) is 0. The standard InChI is InChI=1S/C22H14O2.2C5H5.2Fe/c23-19-14-18(15-8-2-1-3-9-15)22(24)21(17-12-6-7-13-17)20(19)16-10-4-5-11-16;2*1-2-4-5-3-1;;/h1-14H;2*1-5H;;/q;;;2*+2. The second kappa shape index (κ2) is 16.8. The quantitative estimate of drug-likeness (QED) is 0.374. The van der Waals surface area contributed by atoms with Crippen LogP contribution in [-0.4, -0.2) is 11.6 Å². The maximum Gasteiger partial charge on any atom is 2.00 e. The first kappa shape index (κ1) is 31.3. The number of hydrogen-bond acceptors (Lipinski definition) is 2. The normalized spacial score (nSPS) is 22.2. The molecule has 0 saturated heterocycles. The number of Topliss-reactive ketones (excluding diaryl/α,β-unsaturated/α-hetero) is 1. The molecular formula is C32H24Fe2O2+4. The Labute approximate surface area is 240 Å². The Hall–Kier alpha value is -0.921. The van der Waals surface area contributed by atoms with Crippen LogP contribution in [0.25, 0.3) is 5.57 Å². The van der Waals surface area contributed by atoms with E-state index in [0.29, 0.717) is 16.7 Å². The molecule has 1 aromatic carbocycles. The number of hydrogen-bond donors (Lipinski definition) is 0. The van der Waals surface area contributed by atoms with E-state index in [2.05, 4.69) is 0 Å². The third kappa shape index (κ3) is 8.56. The van der Waals surface area contributed by atoms with Gasteiger partial charge in [0, 0.05) is 28.6 Å². The summed E-state index contributed by atoms with van der Waals surface area (Å²) in [6.07, 6.45) is 36.4. The molecule has 20 radical (unpaired) electrons. The van der Waals surface area contributed by atoms with E-state index in [1.54, 1.807) is 0 Å². The minimum absolute atomic E-state index is 0. The zero-order chi connectivity index (χ0) is 23.6. The van der Waals surface area contributed by atoms with Gasteiger partial charge in [-0.3, -0.25) is 9.59 Å². The smallest absolute Gasteiger partial charge is 0.290 e. The molecule has 5 aliphatic carbocycles. The summed E-state index contributed by atoms with van der Waals surface area (Å²) in [6.45, 7) is 0. The summed E-state index contributed by atoms with van der Waals surface area (Å²) in [6, 6.07) is 9.34. The fourth-order valence-electron chi connectivity index (χ4n) is 3.76. The van der Waals surface area contributed by atoms with Gasteiger partial charge in [-0.25, -0.2) is 0 Å². The number of carbonyl (C=O) groups is 2. The minimum atomic E-state index is -0.129. The summed E-state index contributed by atoms with van der Waals surface area (Å²) in [5.41, 5.74) is 2.18. The van der Waals surface area contributed by atoms with Crippen molar-refractivity contribution in [2.75, 3.05) is 0 Å². The van der Waals surface area contributed by atoms with Gasteiger partial charge in [-0.2, -0.15) is 0 Å². The molecule has 0 amide bonds. The molecule has 0 unspecified atom stereocenters. The summed E-state index contributed by atoms with van der Waals surface area (Å²) < 4.78 is 0. The largest absolute Gasteiger partial charge is 2.00 e. The van der Waals surface area contributed by atoms with E-state index < -0.39 is 0 Å². The fraction of sp³-hybridized carbons (Fsp3) is 0. The molecular weight excluding hydrogens is 528 g/mol. The second-order valence-corrected chi connectivity index (χ2v) is 7.64. The van der Waals surface area contributed by atoms with Crippen LogP contribution in [0, 0.1) is 127 Å². The SMILES string of the molecule is O=C1C=C(c2ccccc2)C(=O)C([C]2[CH][CH][CH][CH]2)=C1[C]1[CH][CH][CH][CH]1.[CH]1[CH][CH][CH][CH]1.[CH]1[CH][CH][CH][CH]1.[Fe+2].[Fe+2]. The molecule has 4 fully saturated rings. The number of allylic oxidation sites excluding steroid dienone is 4. The maximum atomic E-state index is 13.2. The third-order valence-electron chi connectivity index (χ3n) is 5.34. The average Bonchev–Trinajstić information content (AvgIpc) is 3.70. The summed E-state index contributed by atoms with van der Waals surface area (Å²) in [7, 11) is 0. The van der Waals surface area contributed by atoms with Crippen molar-refractivity contribution >= 4 is 17.1 Å². The summed E-state index contributed by atoms with van der Waals surface area (Å²) in [5.74, 6) is 1.33. The molecule has 2 nitrogen and oxygen atoms in total. The van der Waals surface area contributed by atoms with Crippen LogP contribution >= 0.6 is 0 Å². The number of rotatable bonds is 3. The van der Waals surface area contributed by atoms with Gasteiger partial charge < -0.3 is 0 Å². The van der Waals surface area contributed by atoms with Crippen LogP contribution in [0.2, 0.25) is 0 Å². The molecule has 1 aromatic rings. The summed E-state index contributed by atoms with van der Waals surface area (Å²) in [4.78, 5) is 26.0. The monoisotopic (exact) mass is 552 g/mol. The van der Waals surface area contributed by atoms with E-state index in [1.807, 2.05) is 146 Å². The fourth-order valence-corrected chi connectivity index (χ4v) is 3.76. The van der Waals surface area contributed by atoms with Gasteiger partial charge in [0.15, 0.2) is 11.6 Å². The van der Waals surface area contributed by atoms with Crippen molar-refractivity contribution < 1.29 is 43.7 Å². The van der Waals surface area contributed by atoms with Gasteiger partial charge in [-0.05, 0) is 127 Å². The Morgan fingerprint density at radius 3 is 1.25 bits per heavy atom. The zero-order valence-electron chi connectivity index (χ0n) is 19.4. The first-order valence-electron chi connectivity index (χ1n) is 11.1. The van der Waals surface area contributed by atoms with Crippen molar-refractivity contribution in [3.63, 3.8) is 0 Å². The maximum absolute atomic E-state index is 13.2. The van der Waals surface area contributed by atoms with E-state index in [0.717, 1.165) is 17.4 Å². The van der Waals surface area contributed by atoms with Crippen molar-refractivity contribution in [2.24, 2.45) is 0 Å². The Morgan fingerprint density at radius 1 is 0.444 bits per heavy atom. The molecule has 0 bridgehead atoms. The number of carbonyl (C=O) groups excluding carboxylic acids is 2. The molecule has 36 heavy (non-hydrogen) atoms. The van der Waals surface area contributed by atoms with Crippen molar-refractivity contribution in [3.8, 4) is 0 Å². The molecule has 0 atom stereocenters. The minimum Gasteiger partial charge on any atom is -0.290 e. The summed E-state index contributed by atoms with van der Waals surface area (Å²) >= 11 is 0. The van der Waals surface area contributed by atoms with Crippen LogP contribution in [0.5, 0.6) is 0 Å². The number of ketones is 2. The molecule has 0 heterocycles. The van der Waals surface area contributed by atoms with E-state index in [1.165, 1.54) is 6.08 Å². The first-order valence-corrected chi connectivity index (χ1v) is 11.1. The molecule has 6 rings (SSSR count). The Balaban J connectivity index is 0.000000317. The van der Waals surface area contributed by atoms with Crippen LogP contribution in [0.3, 0.4) is 0 Å². The van der Waals surface area contributed by atoms with Crippen LogP contribution in [-0.2, 0) is 43.7 Å². The van der Waals surface area contributed by atoms with E-state index in [-0.39, 0.29) is 45.7 Å². The molecule has 176 valence electrons. The van der Waals surface area contributed by atoms with Crippen molar-refractivity contribution in [1.29, 1.82) is 0 Å². The van der Waals surface area contributed by atoms with Crippen molar-refractivity contribution in [1.82, 2.24) is 0 Å². The van der Waals surface area contributed by atoms with Crippen LogP contribution in [0.1, 0.15) is 5.56 Å². The molecule has 0 spiro atoms. The second-order valence-electron chi connectivity index (χ2n) is 7.64. The van der Waals surface area contributed by atoms with Gasteiger partial charge in [-0.15, -0.1) is 0 Å².